The van der Waals surface area contributed by atoms with Crippen LogP contribution in [0.4, 0.5) is 13.6 Å². The molecule has 2 unspecified atom stereocenters. The van der Waals surface area contributed by atoms with Gasteiger partial charge >= 0.3 is 18.0 Å². The maximum Gasteiger partial charge on any atom is 0.407 e. The number of alkyl halides is 2. The van der Waals surface area contributed by atoms with Crippen LogP contribution in [0, 0.1) is 5.92 Å². The summed E-state index contributed by atoms with van der Waals surface area (Å²) in [6.45, 7) is -1.01. The number of alkyl carbamates (subject to hydrolysis) is 1. The minimum atomic E-state index is -3.91. The fourth-order valence-electron chi connectivity index (χ4n) is 4.60. The second-order valence-electron chi connectivity index (χ2n) is 8.69. The molecule has 1 saturated heterocycles. The zero-order valence-electron chi connectivity index (χ0n) is 18.8. The fraction of sp³-hybridized carbons (Fsp3) is 0.400. The molecule has 0 bridgehead atoms. The zero-order valence-corrected chi connectivity index (χ0v) is 18.8. The summed E-state index contributed by atoms with van der Waals surface area (Å²) in [4.78, 5) is 35.3. The van der Waals surface area contributed by atoms with Crippen molar-refractivity contribution in [3.8, 4) is 11.1 Å². The first kappa shape index (κ1) is 24.6. The van der Waals surface area contributed by atoms with Crippen LogP contribution in [0.2, 0.25) is 0 Å². The summed E-state index contributed by atoms with van der Waals surface area (Å²) in [6, 6.07) is 14.7. The highest BCUT2D eigenvalue weighted by molar-refractivity contribution is 5.84. The Morgan fingerprint density at radius 3 is 2.31 bits per heavy atom. The number of rotatable bonds is 8. The van der Waals surface area contributed by atoms with Crippen molar-refractivity contribution in [3.05, 3.63) is 59.7 Å². The van der Waals surface area contributed by atoms with Crippen molar-refractivity contribution in [2.24, 2.45) is 5.92 Å². The van der Waals surface area contributed by atoms with Gasteiger partial charge in [0.25, 0.3) is 5.91 Å². The number of fused-ring (bicyclic) bond motifs is 3. The van der Waals surface area contributed by atoms with Crippen molar-refractivity contribution >= 4 is 18.0 Å². The number of carbonyl (C=O) groups is 3. The van der Waals surface area contributed by atoms with Gasteiger partial charge in [-0.05, 0) is 28.7 Å². The average molecular weight is 488 g/mol. The predicted molar refractivity (Wildman–Crippen MR) is 121 cm³/mol. The molecule has 0 aromatic heterocycles. The van der Waals surface area contributed by atoms with E-state index in [0.29, 0.717) is 0 Å². The quantitative estimate of drug-likeness (QED) is 0.526. The summed E-state index contributed by atoms with van der Waals surface area (Å²) in [7, 11) is 0. The normalized spacial score (nSPS) is 19.4. The second-order valence-corrected chi connectivity index (χ2v) is 8.69. The number of carboxylic acid groups (broad SMARTS) is 1. The molecule has 1 aliphatic heterocycles. The summed E-state index contributed by atoms with van der Waals surface area (Å²) in [5.74, 6) is -7.44. The van der Waals surface area contributed by atoms with Crippen molar-refractivity contribution in [1.29, 1.82) is 0 Å². The Bertz CT molecular complexity index is 1060. The van der Waals surface area contributed by atoms with E-state index in [9.17, 15) is 23.2 Å². The van der Waals surface area contributed by atoms with Crippen LogP contribution in [0.3, 0.4) is 0 Å². The van der Waals surface area contributed by atoms with E-state index in [1.807, 2.05) is 53.8 Å². The number of amides is 2. The lowest BCUT2D eigenvalue weighted by Crippen LogP contribution is -2.54. The lowest BCUT2D eigenvalue weighted by molar-refractivity contribution is -0.148. The molecule has 4 rings (SSSR count). The summed E-state index contributed by atoms with van der Waals surface area (Å²) >= 11 is 0. The third kappa shape index (κ3) is 5.59. The third-order valence-corrected chi connectivity index (χ3v) is 6.36. The number of carboxylic acids is 1. The Morgan fingerprint density at radius 1 is 1.06 bits per heavy atom. The van der Waals surface area contributed by atoms with E-state index < -0.39 is 42.4 Å². The van der Waals surface area contributed by atoms with Gasteiger partial charge in [0.15, 0.2) is 0 Å². The van der Waals surface area contributed by atoms with Crippen molar-refractivity contribution < 1.29 is 37.7 Å². The van der Waals surface area contributed by atoms with Crippen LogP contribution < -0.4 is 10.6 Å². The van der Waals surface area contributed by atoms with Crippen LogP contribution in [0.25, 0.3) is 11.1 Å². The monoisotopic (exact) mass is 488 g/mol. The Balaban J connectivity index is 1.30. The largest absolute Gasteiger partial charge is 0.481 e. The van der Waals surface area contributed by atoms with Gasteiger partial charge in [-0.2, -0.15) is 8.78 Å². The van der Waals surface area contributed by atoms with Crippen LogP contribution in [0.5, 0.6) is 0 Å². The molecule has 2 amide bonds. The van der Waals surface area contributed by atoms with E-state index in [2.05, 4.69) is 5.32 Å². The number of halogens is 2. The van der Waals surface area contributed by atoms with E-state index in [-0.39, 0.29) is 38.6 Å². The number of hydrogen-bond acceptors (Lipinski definition) is 5. The van der Waals surface area contributed by atoms with Gasteiger partial charge in [0.1, 0.15) is 6.61 Å². The van der Waals surface area contributed by atoms with Gasteiger partial charge in [0.2, 0.25) is 0 Å². The second kappa shape index (κ2) is 10.4. The predicted octanol–water partition coefficient (Wildman–Crippen LogP) is 3.16. The lowest BCUT2D eigenvalue weighted by Gasteiger charge is -2.32. The highest BCUT2D eigenvalue weighted by atomic mass is 19.3. The molecule has 2 atom stereocenters. The Kier molecular flexibility index (Phi) is 7.30. The van der Waals surface area contributed by atoms with Crippen molar-refractivity contribution in [2.45, 2.75) is 30.7 Å². The number of ether oxygens (including phenoxy) is 2. The lowest BCUT2D eigenvalue weighted by atomic mass is 9.92. The van der Waals surface area contributed by atoms with Crippen molar-refractivity contribution in [3.63, 3.8) is 0 Å². The molecule has 1 fully saturated rings. The number of carbonyl (C=O) groups excluding carboxylic acids is 2. The molecule has 8 nitrogen and oxygen atoms in total. The molecule has 0 radical (unpaired) electrons. The number of hydrogen-bond donors (Lipinski definition) is 3. The Morgan fingerprint density at radius 2 is 1.69 bits per heavy atom. The highest BCUT2D eigenvalue weighted by Gasteiger charge is 2.42. The van der Waals surface area contributed by atoms with E-state index in [0.717, 1.165) is 22.3 Å². The first-order chi connectivity index (χ1) is 16.8. The van der Waals surface area contributed by atoms with Gasteiger partial charge < -0.3 is 25.2 Å². The maximum absolute atomic E-state index is 14.4. The standard InChI is InChI=1S/C25H26F2N2O6/c26-25(27,23(32)29-21-9-10-34-12-15(21)11-22(30)31)14-28-24(33)35-13-20-18-7-3-1-5-16(18)17-6-2-4-8-19(17)20/h1-8,15,20-21H,9-14H2,(H,28,33)(H,29,32)(H,30,31). The fourth-order valence-corrected chi connectivity index (χ4v) is 4.60. The molecule has 186 valence electrons. The van der Waals surface area contributed by atoms with Crippen LogP contribution in [-0.2, 0) is 19.1 Å². The zero-order chi connectivity index (χ0) is 25.0. The summed E-state index contributed by atoms with van der Waals surface area (Å²) < 4.78 is 39.3. The number of aliphatic carboxylic acids is 1. The molecule has 1 aliphatic carbocycles. The van der Waals surface area contributed by atoms with Gasteiger partial charge in [-0.25, -0.2) is 4.79 Å². The van der Waals surface area contributed by atoms with Crippen LogP contribution in [-0.4, -0.2) is 61.4 Å². The molecule has 3 N–H and O–H groups in total. The van der Waals surface area contributed by atoms with Crippen LogP contribution in [0.15, 0.2) is 48.5 Å². The molecule has 10 heteroatoms. The molecule has 1 heterocycles. The molecule has 0 saturated carbocycles. The molecule has 0 spiro atoms. The maximum atomic E-state index is 14.4. The number of nitrogens with one attached hydrogen (secondary N) is 2. The first-order valence-corrected chi connectivity index (χ1v) is 11.3. The highest BCUT2D eigenvalue weighted by Crippen LogP contribution is 2.44. The summed E-state index contributed by atoms with van der Waals surface area (Å²) in [5, 5.41) is 13.2. The summed E-state index contributed by atoms with van der Waals surface area (Å²) in [6.07, 6.45) is -1.15. The molecule has 2 aliphatic rings. The SMILES string of the molecule is O=C(O)CC1COCCC1NC(=O)C(F)(F)CNC(=O)OCC1c2ccccc2-c2ccccc21. The van der Waals surface area contributed by atoms with Gasteiger partial charge in [0.05, 0.1) is 19.6 Å². The topological polar surface area (TPSA) is 114 Å². The first-order valence-electron chi connectivity index (χ1n) is 11.3. The average Bonchev–Trinajstić information content (AvgIpc) is 3.16. The smallest absolute Gasteiger partial charge is 0.407 e. The molecular formula is C25H26F2N2O6. The van der Waals surface area contributed by atoms with Gasteiger partial charge in [-0.3, -0.25) is 9.59 Å². The summed E-state index contributed by atoms with van der Waals surface area (Å²) in [5.41, 5.74) is 4.04. The molecule has 2 aromatic rings. The molecule has 35 heavy (non-hydrogen) atoms. The van der Waals surface area contributed by atoms with Crippen LogP contribution >= 0.6 is 0 Å². The van der Waals surface area contributed by atoms with Crippen LogP contribution in [0.1, 0.15) is 29.9 Å². The molecular weight excluding hydrogens is 462 g/mol. The third-order valence-electron chi connectivity index (χ3n) is 6.36. The van der Waals surface area contributed by atoms with E-state index in [1.54, 1.807) is 0 Å². The van der Waals surface area contributed by atoms with E-state index >= 15 is 0 Å². The van der Waals surface area contributed by atoms with Gasteiger partial charge in [0, 0.05) is 24.5 Å². The van der Waals surface area contributed by atoms with E-state index in [1.165, 1.54) is 0 Å². The Labute approximate surface area is 200 Å². The minimum absolute atomic E-state index is 0.0451. The minimum Gasteiger partial charge on any atom is -0.481 e. The molecule has 2 aromatic carbocycles. The Hall–Kier alpha value is -3.53. The van der Waals surface area contributed by atoms with Crippen molar-refractivity contribution in [1.82, 2.24) is 10.6 Å². The van der Waals surface area contributed by atoms with Gasteiger partial charge in [-0.1, -0.05) is 48.5 Å². The van der Waals surface area contributed by atoms with Gasteiger partial charge in [-0.15, -0.1) is 0 Å². The van der Waals surface area contributed by atoms with Crippen molar-refractivity contribution in [2.75, 3.05) is 26.4 Å². The van der Waals surface area contributed by atoms with E-state index in [4.69, 9.17) is 14.6 Å². The number of benzene rings is 2.